The summed E-state index contributed by atoms with van der Waals surface area (Å²) in [5.41, 5.74) is 2.61. The van der Waals surface area contributed by atoms with Crippen molar-refractivity contribution in [2.75, 3.05) is 11.4 Å². The second kappa shape index (κ2) is 6.02. The fourth-order valence-corrected chi connectivity index (χ4v) is 2.97. The molecule has 3 rings (SSSR count). The number of fused-ring (bicyclic) bond motifs is 1. The summed E-state index contributed by atoms with van der Waals surface area (Å²) in [5.74, 6) is -0.754. The molecule has 22 heavy (non-hydrogen) atoms. The van der Waals surface area contributed by atoms with Crippen LogP contribution in [0.2, 0.25) is 0 Å². The molecule has 2 aromatic carbocycles. The van der Waals surface area contributed by atoms with E-state index < -0.39 is 5.97 Å². The van der Waals surface area contributed by atoms with Gasteiger partial charge in [-0.1, -0.05) is 36.4 Å². The topological polar surface area (TPSA) is 57.6 Å². The number of benzene rings is 2. The van der Waals surface area contributed by atoms with E-state index in [1.54, 1.807) is 17.0 Å². The van der Waals surface area contributed by atoms with E-state index in [9.17, 15) is 9.59 Å². The summed E-state index contributed by atoms with van der Waals surface area (Å²) in [4.78, 5) is 25.3. The van der Waals surface area contributed by atoms with Gasteiger partial charge in [0.15, 0.2) is 0 Å². The molecule has 0 spiro atoms. The number of carbonyl (C=O) groups excluding carboxylic acids is 1. The maximum atomic E-state index is 12.7. The Morgan fingerprint density at radius 3 is 2.45 bits per heavy atom. The van der Waals surface area contributed by atoms with Crippen LogP contribution in [0.3, 0.4) is 0 Å². The van der Waals surface area contributed by atoms with Gasteiger partial charge in [-0.15, -0.1) is 0 Å². The fourth-order valence-electron chi connectivity index (χ4n) is 2.97. The molecule has 1 N–H and O–H groups in total. The molecular weight excluding hydrogens is 278 g/mol. The number of aliphatic carboxylic acids is 1. The Bertz CT molecular complexity index is 696. The third-order valence-electron chi connectivity index (χ3n) is 4.04. The first-order valence-corrected chi connectivity index (χ1v) is 7.34. The van der Waals surface area contributed by atoms with Crippen LogP contribution in [-0.2, 0) is 4.79 Å². The standard InChI is InChI=1S/C18H17NO3/c20-17(21)11-10-14-12-19(16-9-5-4-8-15(14)16)18(22)13-6-2-1-3-7-13/h1-9,14H,10-12H2,(H,20,21)/t14-/m0/s1. The zero-order valence-electron chi connectivity index (χ0n) is 12.1. The highest BCUT2D eigenvalue weighted by molar-refractivity contribution is 6.07. The van der Waals surface area contributed by atoms with Gasteiger partial charge in [-0.05, 0) is 30.2 Å². The molecule has 0 unspecified atom stereocenters. The molecule has 1 atom stereocenters. The van der Waals surface area contributed by atoms with E-state index >= 15 is 0 Å². The predicted octanol–water partition coefficient (Wildman–Crippen LogP) is 3.30. The Kier molecular flexibility index (Phi) is 3.92. The Balaban J connectivity index is 1.88. The maximum Gasteiger partial charge on any atom is 0.303 e. The van der Waals surface area contributed by atoms with Crippen molar-refractivity contribution < 1.29 is 14.7 Å². The van der Waals surface area contributed by atoms with Crippen molar-refractivity contribution in [2.24, 2.45) is 0 Å². The van der Waals surface area contributed by atoms with E-state index in [4.69, 9.17) is 5.11 Å². The van der Waals surface area contributed by atoms with Crippen molar-refractivity contribution >= 4 is 17.6 Å². The minimum absolute atomic E-state index is 0.0362. The van der Waals surface area contributed by atoms with Crippen LogP contribution in [0.5, 0.6) is 0 Å². The molecule has 1 aliphatic heterocycles. The van der Waals surface area contributed by atoms with Gasteiger partial charge in [0.05, 0.1) is 0 Å². The van der Waals surface area contributed by atoms with Gasteiger partial charge in [0, 0.05) is 30.1 Å². The zero-order valence-corrected chi connectivity index (χ0v) is 12.1. The lowest BCUT2D eigenvalue weighted by Crippen LogP contribution is -2.29. The number of amides is 1. The summed E-state index contributed by atoms with van der Waals surface area (Å²) < 4.78 is 0. The van der Waals surface area contributed by atoms with Crippen LogP contribution >= 0.6 is 0 Å². The quantitative estimate of drug-likeness (QED) is 0.941. The lowest BCUT2D eigenvalue weighted by atomic mass is 9.96. The number of nitrogens with zero attached hydrogens (tertiary/aromatic N) is 1. The average molecular weight is 295 g/mol. The fraction of sp³-hybridized carbons (Fsp3) is 0.222. The van der Waals surface area contributed by atoms with Crippen molar-refractivity contribution in [3.8, 4) is 0 Å². The maximum absolute atomic E-state index is 12.7. The number of rotatable bonds is 4. The Hall–Kier alpha value is -2.62. The van der Waals surface area contributed by atoms with Crippen LogP contribution < -0.4 is 4.90 Å². The molecule has 2 aromatic rings. The summed E-state index contributed by atoms with van der Waals surface area (Å²) in [6.07, 6.45) is 0.664. The average Bonchev–Trinajstić information content (AvgIpc) is 2.92. The van der Waals surface area contributed by atoms with Gasteiger partial charge in [-0.2, -0.15) is 0 Å². The molecule has 0 saturated heterocycles. The van der Waals surface area contributed by atoms with E-state index in [2.05, 4.69) is 0 Å². The van der Waals surface area contributed by atoms with E-state index in [-0.39, 0.29) is 18.2 Å². The van der Waals surface area contributed by atoms with Crippen LogP contribution in [0.15, 0.2) is 54.6 Å². The van der Waals surface area contributed by atoms with Crippen molar-refractivity contribution in [2.45, 2.75) is 18.8 Å². The largest absolute Gasteiger partial charge is 0.481 e. The van der Waals surface area contributed by atoms with Crippen LogP contribution in [0, 0.1) is 0 Å². The molecule has 0 radical (unpaired) electrons. The van der Waals surface area contributed by atoms with E-state index in [0.29, 0.717) is 18.5 Å². The molecule has 1 amide bonds. The number of hydrogen-bond acceptors (Lipinski definition) is 2. The van der Waals surface area contributed by atoms with E-state index in [1.165, 1.54) is 0 Å². The zero-order chi connectivity index (χ0) is 15.5. The molecule has 1 heterocycles. The van der Waals surface area contributed by atoms with E-state index in [0.717, 1.165) is 11.3 Å². The van der Waals surface area contributed by atoms with Gasteiger partial charge >= 0.3 is 5.97 Å². The molecule has 0 aromatic heterocycles. The second-order valence-electron chi connectivity index (χ2n) is 5.47. The highest BCUT2D eigenvalue weighted by Gasteiger charge is 2.32. The van der Waals surface area contributed by atoms with Gasteiger partial charge in [-0.3, -0.25) is 9.59 Å². The third kappa shape index (κ3) is 2.72. The first-order valence-electron chi connectivity index (χ1n) is 7.34. The molecule has 0 bridgehead atoms. The number of carboxylic acids is 1. The second-order valence-corrected chi connectivity index (χ2v) is 5.47. The van der Waals surface area contributed by atoms with Gasteiger partial charge in [0.1, 0.15) is 0 Å². The summed E-state index contributed by atoms with van der Waals surface area (Å²) in [6.45, 7) is 0.542. The molecular formula is C18H17NO3. The van der Waals surface area contributed by atoms with Crippen LogP contribution in [0.1, 0.15) is 34.7 Å². The smallest absolute Gasteiger partial charge is 0.303 e. The summed E-state index contributed by atoms with van der Waals surface area (Å²) >= 11 is 0. The summed E-state index contributed by atoms with van der Waals surface area (Å²) in [6, 6.07) is 16.9. The first-order chi connectivity index (χ1) is 10.7. The lowest BCUT2D eigenvalue weighted by molar-refractivity contribution is -0.137. The molecule has 0 saturated carbocycles. The first kappa shape index (κ1) is 14.3. The minimum Gasteiger partial charge on any atom is -0.481 e. The molecule has 112 valence electrons. The molecule has 4 heteroatoms. The number of carboxylic acid groups (broad SMARTS) is 1. The van der Waals surface area contributed by atoms with Gasteiger partial charge in [0.25, 0.3) is 5.91 Å². The monoisotopic (exact) mass is 295 g/mol. The number of hydrogen-bond donors (Lipinski definition) is 1. The highest BCUT2D eigenvalue weighted by Crippen LogP contribution is 2.39. The van der Waals surface area contributed by atoms with Crippen LogP contribution in [-0.4, -0.2) is 23.5 Å². The normalized spacial score (nSPS) is 16.4. The van der Waals surface area contributed by atoms with Gasteiger partial charge in [0.2, 0.25) is 0 Å². The predicted molar refractivity (Wildman–Crippen MR) is 84.2 cm³/mol. The Morgan fingerprint density at radius 1 is 1.05 bits per heavy atom. The van der Waals surface area contributed by atoms with Gasteiger partial charge in [-0.25, -0.2) is 0 Å². The summed E-state index contributed by atoms with van der Waals surface area (Å²) in [7, 11) is 0. The van der Waals surface area contributed by atoms with Gasteiger partial charge < -0.3 is 10.0 Å². The SMILES string of the molecule is O=C(O)CC[C@H]1CN(C(=O)c2ccccc2)c2ccccc21. The Labute approximate surface area is 129 Å². The Morgan fingerprint density at radius 2 is 1.73 bits per heavy atom. The summed E-state index contributed by atoms with van der Waals surface area (Å²) in [5, 5.41) is 8.89. The lowest BCUT2D eigenvalue weighted by Gasteiger charge is -2.18. The molecule has 1 aliphatic rings. The third-order valence-corrected chi connectivity index (χ3v) is 4.04. The van der Waals surface area contributed by atoms with Crippen molar-refractivity contribution in [3.63, 3.8) is 0 Å². The van der Waals surface area contributed by atoms with E-state index in [1.807, 2.05) is 42.5 Å². The molecule has 4 nitrogen and oxygen atoms in total. The van der Waals surface area contributed by atoms with Crippen molar-refractivity contribution in [3.05, 3.63) is 65.7 Å². The van der Waals surface area contributed by atoms with Crippen molar-refractivity contribution in [1.82, 2.24) is 0 Å². The highest BCUT2D eigenvalue weighted by atomic mass is 16.4. The van der Waals surface area contributed by atoms with Crippen LogP contribution in [0.4, 0.5) is 5.69 Å². The number of carbonyl (C=O) groups is 2. The number of anilines is 1. The number of para-hydroxylation sites is 1. The van der Waals surface area contributed by atoms with Crippen molar-refractivity contribution in [1.29, 1.82) is 0 Å². The van der Waals surface area contributed by atoms with Crippen LogP contribution in [0.25, 0.3) is 0 Å². The molecule has 0 fully saturated rings. The molecule has 0 aliphatic carbocycles. The minimum atomic E-state index is -0.801.